The Labute approximate surface area is 352 Å². The van der Waals surface area contributed by atoms with Gasteiger partial charge in [-0.15, -0.1) is 0 Å². The number of benzene rings is 4. The first-order valence-electron chi connectivity index (χ1n) is 16.2. The summed E-state index contributed by atoms with van der Waals surface area (Å²) in [5, 5.41) is 11.6. The standard InChI is InChI=1S/C21H21Cl2NO2.C19H17Cl2NO2.Na.2H2O/c1-4-26-20(25)18-6-5-14(7-13(18)2)19-11-21(3,12-24-19)15-8-16(22)10-17(23)9-15;1-11-5-12(3-4-16(11)18(23)24)17-9-19(2,10-22-17)13-6-14(20)8-15(21)7-13;;;/h5-10,12,19H,4,11H2,1-3H3;3-8,10,17H,9H2,1-2H3,(H,23,24);;2*1H2/q;;+1;;/p-1. The van der Waals surface area contributed by atoms with Gasteiger partial charge in [-0.3, -0.25) is 9.98 Å². The molecular weight excluding hydrogens is 769 g/mol. The molecule has 0 spiro atoms. The molecule has 0 aromatic heterocycles. The van der Waals surface area contributed by atoms with Crippen LogP contribution >= 0.6 is 46.4 Å². The first kappa shape index (κ1) is 46.4. The summed E-state index contributed by atoms with van der Waals surface area (Å²) in [5.74, 6) is -1.20. The van der Waals surface area contributed by atoms with E-state index in [9.17, 15) is 9.59 Å². The van der Waals surface area contributed by atoms with E-state index in [1.165, 1.54) is 0 Å². The van der Waals surface area contributed by atoms with E-state index in [0.29, 0.717) is 37.8 Å². The summed E-state index contributed by atoms with van der Waals surface area (Å²) >= 11 is 24.6. The molecule has 0 amide bonds. The SMILES string of the molecule is CCOC(=O)c1ccc(C2CC(C)(c3cc(Cl)cc(Cl)c3)C=N2)cc1C.Cc1cc(C2CC(C)(c3cc(Cl)cc(Cl)c3)C=N2)ccc1C(=O)O.O.[Na+].[OH-]. The van der Waals surface area contributed by atoms with Gasteiger partial charge in [0.05, 0.1) is 29.8 Å². The van der Waals surface area contributed by atoms with Gasteiger partial charge in [-0.2, -0.15) is 0 Å². The number of carboxylic acid groups (broad SMARTS) is 1. The van der Waals surface area contributed by atoms with E-state index in [-0.39, 0.29) is 69.4 Å². The van der Waals surface area contributed by atoms with Crippen molar-refractivity contribution in [3.8, 4) is 0 Å². The van der Waals surface area contributed by atoms with Crippen molar-refractivity contribution < 1.29 is 59.9 Å². The van der Waals surface area contributed by atoms with Crippen LogP contribution in [0.25, 0.3) is 0 Å². The monoisotopic (exact) mass is 808 g/mol. The van der Waals surface area contributed by atoms with Crippen LogP contribution in [-0.2, 0) is 15.6 Å². The van der Waals surface area contributed by atoms with Gasteiger partial charge >= 0.3 is 41.5 Å². The second-order valence-electron chi connectivity index (χ2n) is 13.3. The Bertz CT molecular complexity index is 1980. The maximum Gasteiger partial charge on any atom is 1.00 e. The molecule has 0 radical (unpaired) electrons. The zero-order valence-corrected chi connectivity index (χ0v) is 35.4. The van der Waals surface area contributed by atoms with Gasteiger partial charge in [0.1, 0.15) is 0 Å². The van der Waals surface area contributed by atoms with Crippen molar-refractivity contribution in [3.63, 3.8) is 0 Å². The number of aryl methyl sites for hydroxylation is 2. The van der Waals surface area contributed by atoms with E-state index >= 15 is 0 Å². The fourth-order valence-corrected chi connectivity index (χ4v) is 7.60. The number of carboxylic acids is 1. The van der Waals surface area contributed by atoms with Gasteiger partial charge in [0.25, 0.3) is 0 Å². The second-order valence-corrected chi connectivity index (χ2v) is 15.1. The van der Waals surface area contributed by atoms with Gasteiger partial charge in [-0.05, 0) is 116 Å². The Morgan fingerprint density at radius 3 is 1.43 bits per heavy atom. The second kappa shape index (κ2) is 19.2. The van der Waals surface area contributed by atoms with E-state index in [1.807, 2.05) is 80.9 Å². The molecule has 53 heavy (non-hydrogen) atoms. The number of rotatable bonds is 7. The van der Waals surface area contributed by atoms with Crippen LogP contribution in [-0.4, -0.2) is 47.0 Å². The van der Waals surface area contributed by atoms with E-state index in [4.69, 9.17) is 61.2 Å². The number of esters is 1. The van der Waals surface area contributed by atoms with E-state index < -0.39 is 5.97 Å². The summed E-state index contributed by atoms with van der Waals surface area (Å²) in [5.41, 5.74) is 6.28. The fourth-order valence-electron chi connectivity index (χ4n) is 6.55. The molecule has 0 aliphatic carbocycles. The van der Waals surface area contributed by atoms with Crippen molar-refractivity contribution in [2.24, 2.45) is 9.98 Å². The summed E-state index contributed by atoms with van der Waals surface area (Å²) < 4.78 is 5.09. The normalized spacial score (nSPS) is 21.0. The molecule has 2 heterocycles. The maximum atomic E-state index is 12.0. The molecule has 0 saturated carbocycles. The van der Waals surface area contributed by atoms with Crippen molar-refractivity contribution in [3.05, 3.63) is 137 Å². The minimum absolute atomic E-state index is 0. The summed E-state index contributed by atoms with van der Waals surface area (Å²) in [6.07, 6.45) is 5.53. The molecule has 4 N–H and O–H groups in total. The van der Waals surface area contributed by atoms with E-state index in [0.717, 1.165) is 46.2 Å². The average Bonchev–Trinajstić information content (AvgIpc) is 3.65. The van der Waals surface area contributed by atoms with Crippen LogP contribution in [0.2, 0.25) is 20.1 Å². The van der Waals surface area contributed by atoms with Crippen molar-refractivity contribution in [1.82, 2.24) is 0 Å². The fraction of sp³-hybridized carbons (Fsp3) is 0.300. The van der Waals surface area contributed by atoms with Gasteiger partial charge in [-0.25, -0.2) is 9.59 Å². The van der Waals surface area contributed by atoms with Crippen molar-refractivity contribution in [1.29, 1.82) is 0 Å². The van der Waals surface area contributed by atoms with E-state index in [1.54, 1.807) is 25.1 Å². The number of aliphatic imine (C=N–C) groups is 2. The van der Waals surface area contributed by atoms with Crippen LogP contribution in [0.3, 0.4) is 0 Å². The first-order valence-corrected chi connectivity index (χ1v) is 17.8. The minimum Gasteiger partial charge on any atom is -0.870 e. The Morgan fingerprint density at radius 1 is 0.717 bits per heavy atom. The summed E-state index contributed by atoms with van der Waals surface area (Å²) in [7, 11) is 0. The number of halogens is 4. The molecule has 13 heteroatoms. The summed E-state index contributed by atoms with van der Waals surface area (Å²) in [6, 6.07) is 22.4. The Kier molecular flexibility index (Phi) is 16.8. The summed E-state index contributed by atoms with van der Waals surface area (Å²) in [6.45, 7) is 10.1. The van der Waals surface area contributed by atoms with Gasteiger partial charge in [0.2, 0.25) is 0 Å². The Morgan fingerprint density at radius 2 is 1.09 bits per heavy atom. The number of hydrogen-bond acceptors (Lipinski definition) is 6. The van der Waals surface area contributed by atoms with Crippen molar-refractivity contribution >= 4 is 70.8 Å². The molecule has 2 aliphatic rings. The van der Waals surface area contributed by atoms with Crippen LogP contribution in [0.15, 0.2) is 82.8 Å². The number of nitrogens with zero attached hydrogens (tertiary/aromatic N) is 2. The number of carbonyl (C=O) groups excluding carboxylic acids is 1. The summed E-state index contributed by atoms with van der Waals surface area (Å²) in [4.78, 5) is 32.5. The van der Waals surface area contributed by atoms with Crippen LogP contribution in [0.5, 0.6) is 0 Å². The molecule has 4 atom stereocenters. The molecule has 2 aliphatic heterocycles. The number of hydrogen-bond donors (Lipinski definition) is 1. The van der Waals surface area contributed by atoms with Gasteiger partial charge in [0, 0.05) is 43.3 Å². The van der Waals surface area contributed by atoms with Crippen LogP contribution in [0.1, 0.15) is 99.8 Å². The number of carbonyl (C=O) groups is 2. The molecule has 0 saturated heterocycles. The molecular formula is C40H41Cl4N2NaO6. The van der Waals surface area contributed by atoms with Crippen molar-refractivity contribution in [2.45, 2.75) is 70.4 Å². The van der Waals surface area contributed by atoms with Crippen LogP contribution in [0.4, 0.5) is 0 Å². The molecule has 4 aromatic rings. The van der Waals surface area contributed by atoms with Crippen LogP contribution < -0.4 is 29.6 Å². The third kappa shape index (κ3) is 10.9. The predicted molar refractivity (Wildman–Crippen MR) is 210 cm³/mol. The van der Waals surface area contributed by atoms with Gasteiger partial charge < -0.3 is 20.8 Å². The smallest absolute Gasteiger partial charge is 0.870 e. The quantitative estimate of drug-likeness (QED) is 0.152. The molecule has 4 unspecified atom stereocenters. The molecule has 4 aromatic carbocycles. The van der Waals surface area contributed by atoms with Crippen molar-refractivity contribution in [2.75, 3.05) is 6.61 Å². The molecule has 0 fully saturated rings. The molecule has 6 rings (SSSR count). The Balaban J connectivity index is 0.000000348. The third-order valence-electron chi connectivity index (χ3n) is 9.35. The minimum atomic E-state index is -0.910. The largest absolute Gasteiger partial charge is 1.00 e. The first-order chi connectivity index (χ1) is 23.6. The Hall–Kier alpha value is -2.76. The van der Waals surface area contributed by atoms with E-state index in [2.05, 4.69) is 18.8 Å². The average molecular weight is 811 g/mol. The predicted octanol–water partition coefficient (Wildman–Crippen LogP) is 7.43. The zero-order chi connectivity index (χ0) is 36.4. The number of aromatic carboxylic acids is 1. The topological polar surface area (TPSA) is 150 Å². The van der Waals surface area contributed by atoms with Crippen LogP contribution in [0, 0.1) is 13.8 Å². The molecule has 8 nitrogen and oxygen atoms in total. The zero-order valence-electron chi connectivity index (χ0n) is 30.4. The number of ether oxygens (including phenoxy) is 1. The third-order valence-corrected chi connectivity index (χ3v) is 10.2. The van der Waals surface area contributed by atoms with Gasteiger partial charge in [0.15, 0.2) is 0 Å². The molecule has 276 valence electrons. The molecule has 0 bridgehead atoms. The van der Waals surface area contributed by atoms with Gasteiger partial charge in [-0.1, -0.05) is 84.5 Å². The maximum absolute atomic E-state index is 12.0.